The van der Waals surface area contributed by atoms with Gasteiger partial charge in [-0.15, -0.1) is 0 Å². The topological polar surface area (TPSA) is 29.1 Å². The van der Waals surface area contributed by atoms with E-state index >= 15 is 0 Å². The molecule has 2 nitrogen and oxygen atoms in total. The van der Waals surface area contributed by atoms with Gasteiger partial charge in [0, 0.05) is 17.2 Å². The molecule has 0 spiro atoms. The maximum atomic E-state index is 13.6. The van der Waals surface area contributed by atoms with Crippen molar-refractivity contribution in [3.63, 3.8) is 0 Å². The first-order valence-electron chi connectivity index (χ1n) is 4.37. The predicted molar refractivity (Wildman–Crippen MR) is 54.7 cm³/mol. The van der Waals surface area contributed by atoms with Crippen LogP contribution < -0.4 is 5.32 Å². The molecular weight excluding hydrogens is 249 g/mol. The molecule has 1 N–H and O–H groups in total. The van der Waals surface area contributed by atoms with E-state index in [1.165, 1.54) is 0 Å². The van der Waals surface area contributed by atoms with Gasteiger partial charge in [-0.25, -0.2) is 4.39 Å². The standard InChI is InChI=1S/C10H9BrFNO/c1-5-4-7-6(10(14)13-5)2-3-8(11)9(7)12/h2-3,5H,4H2,1H3,(H,13,14)/t5-/m1/s1. The number of benzene rings is 1. The summed E-state index contributed by atoms with van der Waals surface area (Å²) in [5, 5.41) is 2.76. The van der Waals surface area contributed by atoms with E-state index in [2.05, 4.69) is 21.2 Å². The van der Waals surface area contributed by atoms with E-state index in [4.69, 9.17) is 0 Å². The molecule has 1 heterocycles. The van der Waals surface area contributed by atoms with Gasteiger partial charge in [0.25, 0.3) is 5.91 Å². The molecule has 14 heavy (non-hydrogen) atoms. The smallest absolute Gasteiger partial charge is 0.251 e. The van der Waals surface area contributed by atoms with Crippen LogP contribution in [0.2, 0.25) is 0 Å². The molecule has 1 amide bonds. The molecule has 1 aromatic rings. The third kappa shape index (κ3) is 1.43. The molecule has 0 unspecified atom stereocenters. The second kappa shape index (κ2) is 3.35. The monoisotopic (exact) mass is 257 g/mol. The maximum absolute atomic E-state index is 13.6. The van der Waals surface area contributed by atoms with Crippen molar-refractivity contribution in [2.75, 3.05) is 0 Å². The van der Waals surface area contributed by atoms with E-state index in [9.17, 15) is 9.18 Å². The van der Waals surface area contributed by atoms with Gasteiger partial charge >= 0.3 is 0 Å². The third-order valence-corrected chi connectivity index (χ3v) is 2.94. The van der Waals surface area contributed by atoms with Crippen LogP contribution in [0.1, 0.15) is 22.8 Å². The number of hydrogen-bond donors (Lipinski definition) is 1. The number of nitrogens with one attached hydrogen (secondary N) is 1. The Bertz CT molecular complexity index is 405. The molecule has 0 radical (unpaired) electrons. The molecule has 1 aromatic carbocycles. The van der Waals surface area contributed by atoms with Gasteiger partial charge in [-0.1, -0.05) is 0 Å². The van der Waals surface area contributed by atoms with Crippen molar-refractivity contribution in [2.24, 2.45) is 0 Å². The highest BCUT2D eigenvalue weighted by molar-refractivity contribution is 9.10. The van der Waals surface area contributed by atoms with Gasteiger partial charge in [0.2, 0.25) is 0 Å². The number of carbonyl (C=O) groups is 1. The minimum absolute atomic E-state index is 0.00111. The molecule has 0 fully saturated rings. The van der Waals surface area contributed by atoms with Crippen molar-refractivity contribution < 1.29 is 9.18 Å². The maximum Gasteiger partial charge on any atom is 0.251 e. The van der Waals surface area contributed by atoms with Gasteiger partial charge in [-0.2, -0.15) is 0 Å². The van der Waals surface area contributed by atoms with Gasteiger partial charge in [-0.05, 0) is 41.4 Å². The van der Waals surface area contributed by atoms with Crippen LogP contribution >= 0.6 is 15.9 Å². The predicted octanol–water partition coefficient (Wildman–Crippen LogP) is 2.26. The van der Waals surface area contributed by atoms with Crippen molar-refractivity contribution in [2.45, 2.75) is 19.4 Å². The summed E-state index contributed by atoms with van der Waals surface area (Å²) in [4.78, 5) is 11.5. The van der Waals surface area contributed by atoms with E-state index in [0.29, 0.717) is 22.0 Å². The lowest BCUT2D eigenvalue weighted by Gasteiger charge is -2.23. The Labute approximate surface area is 89.6 Å². The van der Waals surface area contributed by atoms with E-state index < -0.39 is 0 Å². The average molecular weight is 258 g/mol. The fourth-order valence-corrected chi connectivity index (χ4v) is 2.04. The lowest BCUT2D eigenvalue weighted by atomic mass is 9.96. The van der Waals surface area contributed by atoms with Crippen molar-refractivity contribution in [3.05, 3.63) is 33.5 Å². The van der Waals surface area contributed by atoms with E-state index in [-0.39, 0.29) is 17.8 Å². The molecule has 74 valence electrons. The Hall–Kier alpha value is -0.900. The second-order valence-electron chi connectivity index (χ2n) is 3.47. The first kappa shape index (κ1) is 9.65. The van der Waals surface area contributed by atoms with Gasteiger partial charge in [0.1, 0.15) is 5.82 Å². The van der Waals surface area contributed by atoms with E-state index in [0.717, 1.165) is 0 Å². The summed E-state index contributed by atoms with van der Waals surface area (Å²) in [6.07, 6.45) is 0.548. The van der Waals surface area contributed by atoms with Crippen molar-refractivity contribution in [1.82, 2.24) is 5.32 Å². The number of rotatable bonds is 0. The van der Waals surface area contributed by atoms with Crippen LogP contribution in [-0.4, -0.2) is 11.9 Å². The highest BCUT2D eigenvalue weighted by atomic mass is 79.9. The molecule has 4 heteroatoms. The van der Waals surface area contributed by atoms with Gasteiger partial charge in [0.05, 0.1) is 4.47 Å². The van der Waals surface area contributed by atoms with E-state index in [1.54, 1.807) is 12.1 Å². The first-order valence-corrected chi connectivity index (χ1v) is 5.16. The molecule has 2 rings (SSSR count). The molecule has 0 aromatic heterocycles. The average Bonchev–Trinajstić information content (AvgIpc) is 2.12. The Kier molecular flexibility index (Phi) is 2.31. The molecule has 0 bridgehead atoms. The molecule has 0 saturated heterocycles. The highest BCUT2D eigenvalue weighted by Crippen LogP contribution is 2.25. The van der Waals surface area contributed by atoms with E-state index in [1.807, 2.05) is 6.92 Å². The van der Waals surface area contributed by atoms with Crippen molar-refractivity contribution >= 4 is 21.8 Å². The van der Waals surface area contributed by atoms with Crippen molar-refractivity contribution in [1.29, 1.82) is 0 Å². The van der Waals surface area contributed by atoms with Crippen LogP contribution in [0.25, 0.3) is 0 Å². The van der Waals surface area contributed by atoms with Crippen LogP contribution in [0, 0.1) is 5.82 Å². The summed E-state index contributed by atoms with van der Waals surface area (Å²) in [5.41, 5.74) is 0.958. The number of hydrogen-bond acceptors (Lipinski definition) is 1. The van der Waals surface area contributed by atoms with Crippen LogP contribution in [-0.2, 0) is 6.42 Å². The first-order chi connectivity index (χ1) is 6.59. The zero-order valence-corrected chi connectivity index (χ0v) is 9.19. The van der Waals surface area contributed by atoms with Crippen LogP contribution in [0.3, 0.4) is 0 Å². The Balaban J connectivity index is 2.59. The third-order valence-electron chi connectivity index (χ3n) is 2.33. The number of fused-ring (bicyclic) bond motifs is 1. The fraction of sp³-hybridized carbons (Fsp3) is 0.300. The normalized spacial score (nSPS) is 20.2. The summed E-state index contributed by atoms with van der Waals surface area (Å²) in [7, 11) is 0. The Morgan fingerprint density at radius 1 is 1.57 bits per heavy atom. The lowest BCUT2D eigenvalue weighted by Crippen LogP contribution is -2.39. The summed E-state index contributed by atoms with van der Waals surface area (Å²) >= 11 is 3.11. The molecule has 1 aliphatic heterocycles. The molecule has 1 aliphatic rings. The number of amides is 1. The minimum atomic E-state index is -0.316. The number of carbonyl (C=O) groups excluding carboxylic acids is 1. The highest BCUT2D eigenvalue weighted by Gasteiger charge is 2.24. The summed E-state index contributed by atoms with van der Waals surface area (Å²) < 4.78 is 14.0. The SMILES string of the molecule is C[C@@H]1Cc2c(ccc(Br)c2F)C(=O)N1. The fourth-order valence-electron chi connectivity index (χ4n) is 1.66. The molecule has 0 saturated carbocycles. The Morgan fingerprint density at radius 3 is 3.00 bits per heavy atom. The second-order valence-corrected chi connectivity index (χ2v) is 4.32. The summed E-state index contributed by atoms with van der Waals surface area (Å²) in [6, 6.07) is 3.20. The van der Waals surface area contributed by atoms with Crippen LogP contribution in [0.4, 0.5) is 4.39 Å². The van der Waals surface area contributed by atoms with Gasteiger partial charge in [0.15, 0.2) is 0 Å². The van der Waals surface area contributed by atoms with Gasteiger partial charge in [-0.3, -0.25) is 4.79 Å². The van der Waals surface area contributed by atoms with Crippen molar-refractivity contribution in [3.8, 4) is 0 Å². The zero-order valence-electron chi connectivity index (χ0n) is 7.60. The summed E-state index contributed by atoms with van der Waals surface area (Å²) in [5.74, 6) is -0.505. The van der Waals surface area contributed by atoms with Crippen LogP contribution in [0.5, 0.6) is 0 Å². The zero-order chi connectivity index (χ0) is 10.3. The molecule has 0 aliphatic carbocycles. The van der Waals surface area contributed by atoms with Gasteiger partial charge < -0.3 is 5.32 Å². The lowest BCUT2D eigenvalue weighted by molar-refractivity contribution is 0.0928. The molecular formula is C10H9BrFNO. The Morgan fingerprint density at radius 2 is 2.29 bits per heavy atom. The summed E-state index contributed by atoms with van der Waals surface area (Å²) in [6.45, 7) is 1.86. The van der Waals surface area contributed by atoms with Crippen LogP contribution in [0.15, 0.2) is 16.6 Å². The minimum Gasteiger partial charge on any atom is -0.349 e. The molecule has 1 atom stereocenters. The largest absolute Gasteiger partial charge is 0.349 e. The quantitative estimate of drug-likeness (QED) is 0.759. The number of halogens is 2.